The molecule has 0 aromatic heterocycles. The average molecular weight is 213 g/mol. The summed E-state index contributed by atoms with van der Waals surface area (Å²) in [5, 5.41) is 10.0. The van der Waals surface area contributed by atoms with Crippen LogP contribution in [0.25, 0.3) is 0 Å². The van der Waals surface area contributed by atoms with Crippen LogP contribution in [-0.2, 0) is 0 Å². The van der Waals surface area contributed by atoms with E-state index in [4.69, 9.17) is 0 Å². The predicted octanol–water partition coefficient (Wildman–Crippen LogP) is 2.80. The van der Waals surface area contributed by atoms with Crippen LogP contribution in [0.4, 0.5) is 0 Å². The number of rotatable bonds is 5. The fourth-order valence-corrected chi connectivity index (χ4v) is 2.56. The lowest BCUT2D eigenvalue weighted by Crippen LogP contribution is -2.41. The summed E-state index contributed by atoms with van der Waals surface area (Å²) >= 11 is 0. The molecule has 0 heterocycles. The molecule has 1 N–H and O–H groups in total. The highest BCUT2D eigenvalue weighted by atomic mass is 16.3. The van der Waals surface area contributed by atoms with Crippen molar-refractivity contribution < 1.29 is 5.11 Å². The van der Waals surface area contributed by atoms with Gasteiger partial charge in [-0.15, -0.1) is 0 Å². The molecule has 2 atom stereocenters. The summed E-state index contributed by atoms with van der Waals surface area (Å²) in [6, 6.07) is 0.421. The SMILES string of the molecule is CCCCCN(C)C1CCCCCC1O. The summed E-state index contributed by atoms with van der Waals surface area (Å²) in [6.45, 7) is 3.38. The summed E-state index contributed by atoms with van der Waals surface area (Å²) < 4.78 is 0. The molecule has 1 fully saturated rings. The highest BCUT2D eigenvalue weighted by Gasteiger charge is 2.24. The number of nitrogens with zero attached hydrogens (tertiary/aromatic N) is 1. The number of unbranched alkanes of at least 4 members (excludes halogenated alkanes) is 2. The van der Waals surface area contributed by atoms with Gasteiger partial charge in [-0.05, 0) is 32.9 Å². The Morgan fingerprint density at radius 3 is 2.60 bits per heavy atom. The molecule has 90 valence electrons. The van der Waals surface area contributed by atoms with E-state index in [2.05, 4.69) is 18.9 Å². The smallest absolute Gasteiger partial charge is 0.0695 e. The van der Waals surface area contributed by atoms with Crippen molar-refractivity contribution >= 4 is 0 Å². The zero-order valence-electron chi connectivity index (χ0n) is 10.4. The molecule has 0 aromatic rings. The van der Waals surface area contributed by atoms with E-state index in [1.807, 2.05) is 0 Å². The van der Waals surface area contributed by atoms with Crippen molar-refractivity contribution in [1.29, 1.82) is 0 Å². The predicted molar refractivity (Wildman–Crippen MR) is 65.0 cm³/mol. The van der Waals surface area contributed by atoms with Gasteiger partial charge in [0.1, 0.15) is 0 Å². The first-order valence-corrected chi connectivity index (χ1v) is 6.64. The lowest BCUT2D eigenvalue weighted by atomic mass is 10.0. The van der Waals surface area contributed by atoms with Crippen LogP contribution < -0.4 is 0 Å². The molecule has 1 aliphatic carbocycles. The minimum atomic E-state index is -0.0841. The standard InChI is InChI=1S/C13H27NO/c1-3-4-8-11-14(2)12-9-6-5-7-10-13(12)15/h12-13,15H,3-11H2,1-2H3. The second-order valence-corrected chi connectivity index (χ2v) is 4.96. The Hall–Kier alpha value is -0.0800. The Morgan fingerprint density at radius 2 is 1.87 bits per heavy atom. The molecule has 2 unspecified atom stereocenters. The maximum atomic E-state index is 10.0. The molecule has 0 amide bonds. The van der Waals surface area contributed by atoms with E-state index in [0.717, 1.165) is 13.0 Å². The summed E-state index contributed by atoms with van der Waals surface area (Å²) in [4.78, 5) is 2.38. The molecule has 1 aliphatic rings. The summed E-state index contributed by atoms with van der Waals surface area (Å²) in [5.41, 5.74) is 0. The highest BCUT2D eigenvalue weighted by molar-refractivity contribution is 4.79. The molecule has 0 aliphatic heterocycles. The van der Waals surface area contributed by atoms with Gasteiger partial charge in [0, 0.05) is 6.04 Å². The van der Waals surface area contributed by atoms with Gasteiger partial charge in [-0.3, -0.25) is 0 Å². The van der Waals surface area contributed by atoms with Crippen LogP contribution in [0.15, 0.2) is 0 Å². The Kier molecular flexibility index (Phi) is 6.26. The molecule has 0 bridgehead atoms. The molecule has 15 heavy (non-hydrogen) atoms. The highest BCUT2D eigenvalue weighted by Crippen LogP contribution is 2.21. The number of aliphatic hydroxyl groups excluding tert-OH is 1. The quantitative estimate of drug-likeness (QED) is 0.561. The van der Waals surface area contributed by atoms with E-state index < -0.39 is 0 Å². The van der Waals surface area contributed by atoms with Gasteiger partial charge in [0.25, 0.3) is 0 Å². The minimum Gasteiger partial charge on any atom is -0.391 e. The number of hydrogen-bond donors (Lipinski definition) is 1. The van der Waals surface area contributed by atoms with Crippen molar-refractivity contribution in [2.24, 2.45) is 0 Å². The van der Waals surface area contributed by atoms with E-state index in [0.29, 0.717) is 6.04 Å². The van der Waals surface area contributed by atoms with Crippen molar-refractivity contribution in [2.45, 2.75) is 70.4 Å². The number of aliphatic hydroxyl groups is 1. The zero-order chi connectivity index (χ0) is 11.1. The van der Waals surface area contributed by atoms with Crippen LogP contribution in [0, 0.1) is 0 Å². The molecular weight excluding hydrogens is 186 g/mol. The first-order chi connectivity index (χ1) is 7.25. The van der Waals surface area contributed by atoms with Gasteiger partial charge in [0.2, 0.25) is 0 Å². The molecule has 2 nitrogen and oxygen atoms in total. The third kappa shape index (κ3) is 4.52. The van der Waals surface area contributed by atoms with Gasteiger partial charge in [-0.2, -0.15) is 0 Å². The lowest BCUT2D eigenvalue weighted by Gasteiger charge is -2.30. The Morgan fingerprint density at radius 1 is 1.13 bits per heavy atom. The molecule has 0 saturated heterocycles. The summed E-state index contributed by atoms with van der Waals surface area (Å²) in [7, 11) is 2.18. The molecular formula is C13H27NO. The van der Waals surface area contributed by atoms with Crippen LogP contribution in [-0.4, -0.2) is 35.7 Å². The molecule has 1 saturated carbocycles. The van der Waals surface area contributed by atoms with Gasteiger partial charge < -0.3 is 10.0 Å². The molecule has 0 spiro atoms. The van der Waals surface area contributed by atoms with Crippen LogP contribution in [0.1, 0.15) is 58.3 Å². The minimum absolute atomic E-state index is 0.0841. The van der Waals surface area contributed by atoms with E-state index in [1.54, 1.807) is 0 Å². The third-order valence-electron chi connectivity index (χ3n) is 3.62. The van der Waals surface area contributed by atoms with E-state index in [-0.39, 0.29) is 6.10 Å². The van der Waals surface area contributed by atoms with Crippen LogP contribution in [0.5, 0.6) is 0 Å². The van der Waals surface area contributed by atoms with Gasteiger partial charge >= 0.3 is 0 Å². The number of hydrogen-bond acceptors (Lipinski definition) is 2. The van der Waals surface area contributed by atoms with Crippen LogP contribution >= 0.6 is 0 Å². The van der Waals surface area contributed by atoms with Crippen molar-refractivity contribution in [1.82, 2.24) is 4.90 Å². The first-order valence-electron chi connectivity index (χ1n) is 6.64. The average Bonchev–Trinajstić information content (AvgIpc) is 2.43. The van der Waals surface area contributed by atoms with E-state index >= 15 is 0 Å². The topological polar surface area (TPSA) is 23.5 Å². The fraction of sp³-hybridized carbons (Fsp3) is 1.00. The van der Waals surface area contributed by atoms with E-state index in [1.165, 1.54) is 44.9 Å². The molecule has 0 radical (unpaired) electrons. The fourth-order valence-electron chi connectivity index (χ4n) is 2.56. The second-order valence-electron chi connectivity index (χ2n) is 4.96. The van der Waals surface area contributed by atoms with Crippen molar-refractivity contribution in [2.75, 3.05) is 13.6 Å². The van der Waals surface area contributed by atoms with Crippen molar-refractivity contribution in [3.05, 3.63) is 0 Å². The van der Waals surface area contributed by atoms with Gasteiger partial charge in [0.15, 0.2) is 0 Å². The third-order valence-corrected chi connectivity index (χ3v) is 3.62. The first kappa shape index (κ1) is 13.0. The normalized spacial score (nSPS) is 28.0. The lowest BCUT2D eigenvalue weighted by molar-refractivity contribution is 0.0573. The Bertz CT molecular complexity index is 161. The number of likely N-dealkylation sites (N-methyl/N-ethyl adjacent to an activating group) is 1. The maximum Gasteiger partial charge on any atom is 0.0695 e. The molecule has 2 heteroatoms. The Labute approximate surface area is 94.7 Å². The van der Waals surface area contributed by atoms with Gasteiger partial charge in [-0.25, -0.2) is 0 Å². The monoisotopic (exact) mass is 213 g/mol. The van der Waals surface area contributed by atoms with Crippen LogP contribution in [0.2, 0.25) is 0 Å². The largest absolute Gasteiger partial charge is 0.391 e. The van der Waals surface area contributed by atoms with E-state index in [9.17, 15) is 5.11 Å². The van der Waals surface area contributed by atoms with Crippen molar-refractivity contribution in [3.63, 3.8) is 0 Å². The summed E-state index contributed by atoms with van der Waals surface area (Å²) in [6.07, 6.45) is 9.77. The second kappa shape index (κ2) is 7.24. The zero-order valence-corrected chi connectivity index (χ0v) is 10.4. The maximum absolute atomic E-state index is 10.0. The summed E-state index contributed by atoms with van der Waals surface area (Å²) in [5.74, 6) is 0. The van der Waals surface area contributed by atoms with Crippen molar-refractivity contribution in [3.8, 4) is 0 Å². The van der Waals surface area contributed by atoms with Gasteiger partial charge in [-0.1, -0.05) is 39.0 Å². The Balaban J connectivity index is 2.31. The molecule has 0 aromatic carbocycles. The van der Waals surface area contributed by atoms with Crippen LogP contribution in [0.3, 0.4) is 0 Å². The van der Waals surface area contributed by atoms with Gasteiger partial charge in [0.05, 0.1) is 6.10 Å². The molecule has 1 rings (SSSR count).